The van der Waals surface area contributed by atoms with Gasteiger partial charge in [-0.05, 0) is 19.4 Å². The van der Waals surface area contributed by atoms with Crippen LogP contribution in [0.25, 0.3) is 0 Å². The zero-order valence-corrected chi connectivity index (χ0v) is 9.01. The van der Waals surface area contributed by atoms with Gasteiger partial charge >= 0.3 is 0 Å². The summed E-state index contributed by atoms with van der Waals surface area (Å²) < 4.78 is 4.94. The molecule has 1 unspecified atom stereocenters. The number of hydrogen-bond acceptors (Lipinski definition) is 3. The Morgan fingerprint density at radius 2 is 2.50 bits per heavy atom. The molecule has 1 fully saturated rings. The average Bonchev–Trinajstić information content (AvgIpc) is 2.19. The number of rotatable bonds is 4. The maximum Gasteiger partial charge on any atom is 0.225 e. The van der Waals surface area contributed by atoms with E-state index in [2.05, 4.69) is 10.6 Å². The van der Waals surface area contributed by atoms with E-state index in [4.69, 9.17) is 4.74 Å². The Hall–Kier alpha value is -0.610. The van der Waals surface area contributed by atoms with Crippen LogP contribution < -0.4 is 10.6 Å². The molecule has 82 valence electrons. The van der Waals surface area contributed by atoms with Crippen LogP contribution in [0.3, 0.4) is 0 Å². The van der Waals surface area contributed by atoms with Crippen molar-refractivity contribution in [3.05, 3.63) is 0 Å². The molecule has 4 nitrogen and oxygen atoms in total. The summed E-state index contributed by atoms with van der Waals surface area (Å²) in [5, 5.41) is 6.29. The molecule has 0 bridgehead atoms. The summed E-state index contributed by atoms with van der Waals surface area (Å²) in [5.41, 5.74) is 0. The normalized spacial score (nSPS) is 24.3. The lowest BCUT2D eigenvalue weighted by molar-refractivity contribution is -0.126. The zero-order chi connectivity index (χ0) is 10.4. The van der Waals surface area contributed by atoms with Crippen LogP contribution in [0.1, 0.15) is 19.8 Å². The number of ether oxygens (including phenoxy) is 1. The van der Waals surface area contributed by atoms with Crippen LogP contribution in [-0.2, 0) is 9.53 Å². The van der Waals surface area contributed by atoms with Gasteiger partial charge in [-0.15, -0.1) is 0 Å². The molecular weight excluding hydrogens is 180 g/mol. The molecule has 2 N–H and O–H groups in total. The molecule has 1 aliphatic heterocycles. The van der Waals surface area contributed by atoms with Gasteiger partial charge in [0, 0.05) is 19.7 Å². The van der Waals surface area contributed by atoms with Gasteiger partial charge in [0.15, 0.2) is 0 Å². The SMILES string of the molecule is COCC(C)C(=O)N[C@@H]1CCCNC1. The van der Waals surface area contributed by atoms with Gasteiger partial charge in [-0.1, -0.05) is 6.92 Å². The van der Waals surface area contributed by atoms with Crippen molar-refractivity contribution in [2.24, 2.45) is 5.92 Å². The Kier molecular flexibility index (Phi) is 4.90. The highest BCUT2D eigenvalue weighted by atomic mass is 16.5. The van der Waals surface area contributed by atoms with E-state index in [1.807, 2.05) is 6.92 Å². The molecule has 4 heteroatoms. The monoisotopic (exact) mass is 200 g/mol. The summed E-state index contributed by atoms with van der Waals surface area (Å²) in [7, 11) is 1.62. The first-order chi connectivity index (χ1) is 6.74. The summed E-state index contributed by atoms with van der Waals surface area (Å²) in [6.07, 6.45) is 2.22. The quantitative estimate of drug-likeness (QED) is 0.678. The van der Waals surface area contributed by atoms with Crippen molar-refractivity contribution in [3.63, 3.8) is 0 Å². The van der Waals surface area contributed by atoms with Crippen LogP contribution >= 0.6 is 0 Å². The number of carbonyl (C=O) groups is 1. The maximum atomic E-state index is 11.6. The molecule has 1 saturated heterocycles. The molecule has 1 aliphatic rings. The summed E-state index contributed by atoms with van der Waals surface area (Å²) >= 11 is 0. The zero-order valence-electron chi connectivity index (χ0n) is 9.01. The van der Waals surface area contributed by atoms with Gasteiger partial charge in [-0.2, -0.15) is 0 Å². The molecule has 0 aliphatic carbocycles. The molecule has 0 aromatic rings. The first kappa shape index (κ1) is 11.5. The maximum absolute atomic E-state index is 11.6. The van der Waals surface area contributed by atoms with Crippen LogP contribution in [0.4, 0.5) is 0 Å². The van der Waals surface area contributed by atoms with E-state index in [0.717, 1.165) is 25.9 Å². The smallest absolute Gasteiger partial charge is 0.225 e. The van der Waals surface area contributed by atoms with Gasteiger partial charge in [-0.25, -0.2) is 0 Å². The van der Waals surface area contributed by atoms with Crippen LogP contribution in [0.5, 0.6) is 0 Å². The minimum absolute atomic E-state index is 0.0538. The van der Waals surface area contributed by atoms with Crippen LogP contribution in [0.2, 0.25) is 0 Å². The van der Waals surface area contributed by atoms with Gasteiger partial charge < -0.3 is 15.4 Å². The fourth-order valence-electron chi connectivity index (χ4n) is 1.64. The predicted molar refractivity (Wildman–Crippen MR) is 55.1 cm³/mol. The van der Waals surface area contributed by atoms with Crippen molar-refractivity contribution in [2.45, 2.75) is 25.8 Å². The highest BCUT2D eigenvalue weighted by Crippen LogP contribution is 2.03. The highest BCUT2D eigenvalue weighted by molar-refractivity contribution is 5.78. The van der Waals surface area contributed by atoms with Gasteiger partial charge in [0.05, 0.1) is 12.5 Å². The van der Waals surface area contributed by atoms with Gasteiger partial charge in [-0.3, -0.25) is 4.79 Å². The largest absolute Gasteiger partial charge is 0.384 e. The van der Waals surface area contributed by atoms with Gasteiger partial charge in [0.25, 0.3) is 0 Å². The minimum atomic E-state index is -0.0538. The number of piperidine rings is 1. The van der Waals surface area contributed by atoms with Crippen molar-refractivity contribution in [3.8, 4) is 0 Å². The fourth-order valence-corrected chi connectivity index (χ4v) is 1.64. The Bertz CT molecular complexity index is 179. The van der Waals surface area contributed by atoms with E-state index in [1.165, 1.54) is 0 Å². The average molecular weight is 200 g/mol. The van der Waals surface area contributed by atoms with E-state index < -0.39 is 0 Å². The fraction of sp³-hybridized carbons (Fsp3) is 0.900. The molecule has 1 heterocycles. The highest BCUT2D eigenvalue weighted by Gasteiger charge is 2.18. The van der Waals surface area contributed by atoms with Gasteiger partial charge in [0.1, 0.15) is 0 Å². The number of methoxy groups -OCH3 is 1. The van der Waals surface area contributed by atoms with E-state index in [0.29, 0.717) is 12.6 Å². The standard InChI is InChI=1S/C10H20N2O2/c1-8(7-14-2)10(13)12-9-4-3-5-11-6-9/h8-9,11H,3-7H2,1-2H3,(H,12,13)/t8?,9-/m1/s1. The third-order valence-electron chi connectivity index (χ3n) is 2.51. The molecule has 14 heavy (non-hydrogen) atoms. The van der Waals surface area contributed by atoms with E-state index in [9.17, 15) is 4.79 Å². The Balaban J connectivity index is 2.24. The summed E-state index contributed by atoms with van der Waals surface area (Å²) in [4.78, 5) is 11.6. The second kappa shape index (κ2) is 5.98. The molecule has 0 aromatic heterocycles. The van der Waals surface area contributed by atoms with Crippen molar-refractivity contribution in [2.75, 3.05) is 26.8 Å². The Labute approximate surface area is 85.4 Å². The van der Waals surface area contributed by atoms with Crippen molar-refractivity contribution >= 4 is 5.91 Å². The second-order valence-corrected chi connectivity index (χ2v) is 3.91. The van der Waals surface area contributed by atoms with Crippen LogP contribution in [-0.4, -0.2) is 38.8 Å². The van der Waals surface area contributed by atoms with Crippen molar-refractivity contribution in [1.29, 1.82) is 0 Å². The predicted octanol–water partition coefficient (Wildman–Crippen LogP) is 0.137. The lowest BCUT2D eigenvalue weighted by Crippen LogP contribution is -2.47. The lowest BCUT2D eigenvalue weighted by Gasteiger charge is -2.25. The third-order valence-corrected chi connectivity index (χ3v) is 2.51. The number of hydrogen-bond donors (Lipinski definition) is 2. The van der Waals surface area contributed by atoms with Crippen LogP contribution in [0, 0.1) is 5.92 Å². The molecular formula is C10H20N2O2. The topological polar surface area (TPSA) is 50.4 Å². The number of amides is 1. The Morgan fingerprint density at radius 3 is 3.07 bits per heavy atom. The molecule has 1 rings (SSSR count). The number of carbonyl (C=O) groups excluding carboxylic acids is 1. The summed E-state index contributed by atoms with van der Waals surface area (Å²) in [6, 6.07) is 0.301. The molecule has 1 amide bonds. The molecule has 0 aromatic carbocycles. The van der Waals surface area contributed by atoms with Crippen molar-refractivity contribution < 1.29 is 9.53 Å². The summed E-state index contributed by atoms with van der Waals surface area (Å²) in [6.45, 7) is 4.34. The molecule has 2 atom stereocenters. The second-order valence-electron chi connectivity index (χ2n) is 3.91. The molecule has 0 saturated carbocycles. The Morgan fingerprint density at radius 1 is 1.71 bits per heavy atom. The van der Waals surface area contributed by atoms with Crippen molar-refractivity contribution in [1.82, 2.24) is 10.6 Å². The first-order valence-electron chi connectivity index (χ1n) is 5.24. The lowest BCUT2D eigenvalue weighted by atomic mass is 10.1. The van der Waals surface area contributed by atoms with Crippen LogP contribution in [0.15, 0.2) is 0 Å². The van der Waals surface area contributed by atoms with E-state index in [1.54, 1.807) is 7.11 Å². The van der Waals surface area contributed by atoms with Gasteiger partial charge in [0.2, 0.25) is 5.91 Å². The summed E-state index contributed by atoms with van der Waals surface area (Å²) in [5.74, 6) is 0.0440. The van der Waals surface area contributed by atoms with E-state index >= 15 is 0 Å². The molecule has 0 spiro atoms. The molecule has 0 radical (unpaired) electrons. The van der Waals surface area contributed by atoms with E-state index in [-0.39, 0.29) is 11.8 Å². The minimum Gasteiger partial charge on any atom is -0.384 e. The first-order valence-corrected chi connectivity index (χ1v) is 5.24. The number of nitrogens with one attached hydrogen (secondary N) is 2. The third kappa shape index (κ3) is 3.64.